The van der Waals surface area contributed by atoms with E-state index in [0.29, 0.717) is 12.2 Å². The maximum absolute atomic E-state index is 10.0. The first-order chi connectivity index (χ1) is 8.08. The molecule has 2 unspecified atom stereocenters. The highest BCUT2D eigenvalue weighted by molar-refractivity contribution is 5.09. The molecule has 0 aromatic carbocycles. The van der Waals surface area contributed by atoms with E-state index >= 15 is 0 Å². The number of furan rings is 1. The van der Waals surface area contributed by atoms with E-state index in [4.69, 9.17) is 14.6 Å². The van der Waals surface area contributed by atoms with Gasteiger partial charge >= 0.3 is 0 Å². The molecule has 0 radical (unpaired) electrons. The summed E-state index contributed by atoms with van der Waals surface area (Å²) >= 11 is 0. The number of hydrogen-bond acceptors (Lipinski definition) is 5. The first kappa shape index (κ1) is 11.9. The Morgan fingerprint density at radius 1 is 1.47 bits per heavy atom. The van der Waals surface area contributed by atoms with Crippen LogP contribution in [0.5, 0.6) is 0 Å². The van der Waals surface area contributed by atoms with Crippen LogP contribution in [0.4, 0.5) is 0 Å². The van der Waals surface area contributed by atoms with E-state index < -0.39 is 12.1 Å². The second kappa shape index (κ2) is 4.73. The molecule has 0 aliphatic heterocycles. The van der Waals surface area contributed by atoms with Gasteiger partial charge in [0.25, 0.3) is 0 Å². The number of hydrogen-bond donors (Lipinski definition) is 2. The Morgan fingerprint density at radius 3 is 2.76 bits per heavy atom. The molecule has 0 fully saturated rings. The molecule has 2 rings (SSSR count). The summed E-state index contributed by atoms with van der Waals surface area (Å²) in [5, 5.41) is 10.0. The zero-order chi connectivity index (χ0) is 12.4. The topological polar surface area (TPSA) is 85.4 Å². The van der Waals surface area contributed by atoms with Crippen LogP contribution in [0, 0.1) is 13.8 Å². The van der Waals surface area contributed by atoms with E-state index in [1.54, 1.807) is 19.3 Å². The van der Waals surface area contributed by atoms with E-state index in [9.17, 15) is 5.11 Å². The van der Waals surface area contributed by atoms with Crippen LogP contribution in [0.1, 0.15) is 29.2 Å². The lowest BCUT2D eigenvalue weighted by atomic mass is 10.1. The summed E-state index contributed by atoms with van der Waals surface area (Å²) in [6.45, 7) is 3.63. The molecule has 0 aliphatic carbocycles. The van der Waals surface area contributed by atoms with Gasteiger partial charge in [-0.15, -0.1) is 0 Å². The zero-order valence-electron chi connectivity index (χ0n) is 9.88. The monoisotopic (exact) mass is 236 g/mol. The molecule has 2 aromatic rings. The highest BCUT2D eigenvalue weighted by Gasteiger charge is 2.23. The minimum atomic E-state index is -0.924. The molecule has 17 heavy (non-hydrogen) atoms. The quantitative estimate of drug-likeness (QED) is 0.840. The lowest BCUT2D eigenvalue weighted by Gasteiger charge is -2.14. The molecule has 0 saturated carbocycles. The molecule has 5 heteroatoms. The lowest BCUT2D eigenvalue weighted by molar-refractivity contribution is 0.112. The first-order valence-electron chi connectivity index (χ1n) is 5.48. The van der Waals surface area contributed by atoms with Crippen LogP contribution in [-0.4, -0.2) is 16.1 Å². The Morgan fingerprint density at radius 2 is 2.24 bits per heavy atom. The van der Waals surface area contributed by atoms with Crippen molar-refractivity contribution >= 4 is 0 Å². The molecule has 0 spiro atoms. The summed E-state index contributed by atoms with van der Waals surface area (Å²) in [6, 6.07) is 3.10. The zero-order valence-corrected chi connectivity index (χ0v) is 9.88. The van der Waals surface area contributed by atoms with Gasteiger partial charge in [-0.1, -0.05) is 0 Å². The average Bonchev–Trinajstić information content (AvgIpc) is 2.89. The minimum Gasteiger partial charge on any atom is -0.469 e. The number of aryl methyl sites for hydroxylation is 2. The SMILES string of the molecule is Cc1nc(C(O)C(N)Cc2ccco2)oc1C. The third-order valence-electron chi connectivity index (χ3n) is 2.72. The first-order valence-corrected chi connectivity index (χ1v) is 5.48. The number of oxazole rings is 1. The summed E-state index contributed by atoms with van der Waals surface area (Å²) < 4.78 is 10.5. The Labute approximate surface area is 99.3 Å². The van der Waals surface area contributed by atoms with Crippen LogP contribution in [0.15, 0.2) is 27.2 Å². The van der Waals surface area contributed by atoms with Gasteiger partial charge in [0.1, 0.15) is 17.6 Å². The molecule has 0 bridgehead atoms. The molecule has 2 aromatic heterocycles. The fourth-order valence-corrected chi connectivity index (χ4v) is 1.58. The Kier molecular flexibility index (Phi) is 3.31. The van der Waals surface area contributed by atoms with Crippen LogP contribution in [0.2, 0.25) is 0 Å². The van der Waals surface area contributed by atoms with Gasteiger partial charge in [0.2, 0.25) is 5.89 Å². The van der Waals surface area contributed by atoms with Crippen molar-refractivity contribution in [1.82, 2.24) is 4.98 Å². The molecule has 0 aliphatic rings. The second-order valence-corrected chi connectivity index (χ2v) is 4.09. The Bertz CT molecular complexity index is 456. The number of rotatable bonds is 4. The van der Waals surface area contributed by atoms with Gasteiger partial charge in [-0.25, -0.2) is 4.98 Å². The maximum Gasteiger partial charge on any atom is 0.225 e. The van der Waals surface area contributed by atoms with Gasteiger partial charge < -0.3 is 19.7 Å². The standard InChI is InChI=1S/C12H16N2O3/c1-7-8(2)17-12(14-7)11(15)10(13)6-9-4-3-5-16-9/h3-5,10-11,15H,6,13H2,1-2H3. The highest BCUT2D eigenvalue weighted by atomic mass is 16.4. The van der Waals surface area contributed by atoms with Gasteiger partial charge in [-0.05, 0) is 26.0 Å². The highest BCUT2D eigenvalue weighted by Crippen LogP contribution is 2.20. The third kappa shape index (κ3) is 2.57. The molecule has 92 valence electrons. The second-order valence-electron chi connectivity index (χ2n) is 4.09. The van der Waals surface area contributed by atoms with Crippen molar-refractivity contribution in [2.24, 2.45) is 5.73 Å². The van der Waals surface area contributed by atoms with E-state index in [1.165, 1.54) is 0 Å². The van der Waals surface area contributed by atoms with Crippen LogP contribution in [0.25, 0.3) is 0 Å². The Hall–Kier alpha value is -1.59. The predicted molar refractivity (Wildman–Crippen MR) is 61.3 cm³/mol. The molecular weight excluding hydrogens is 220 g/mol. The number of nitrogens with zero attached hydrogens (tertiary/aromatic N) is 1. The molecule has 0 amide bonds. The van der Waals surface area contributed by atoms with Gasteiger partial charge in [0, 0.05) is 12.5 Å². The number of aliphatic hydroxyl groups excluding tert-OH is 1. The normalized spacial score (nSPS) is 14.8. The van der Waals surface area contributed by atoms with Crippen molar-refractivity contribution in [3.8, 4) is 0 Å². The average molecular weight is 236 g/mol. The van der Waals surface area contributed by atoms with Crippen LogP contribution in [-0.2, 0) is 6.42 Å². The summed E-state index contributed by atoms with van der Waals surface area (Å²) in [7, 11) is 0. The van der Waals surface area contributed by atoms with Crippen LogP contribution < -0.4 is 5.73 Å². The van der Waals surface area contributed by atoms with Crippen molar-refractivity contribution in [1.29, 1.82) is 0 Å². The molecule has 3 N–H and O–H groups in total. The number of aliphatic hydroxyl groups is 1. The van der Waals surface area contributed by atoms with Gasteiger partial charge in [0.15, 0.2) is 0 Å². The van der Waals surface area contributed by atoms with Crippen molar-refractivity contribution in [2.45, 2.75) is 32.4 Å². The maximum atomic E-state index is 10.0. The molecule has 5 nitrogen and oxygen atoms in total. The summed E-state index contributed by atoms with van der Waals surface area (Å²) in [4.78, 5) is 4.13. The summed E-state index contributed by atoms with van der Waals surface area (Å²) in [6.07, 6.45) is 1.09. The molecular formula is C12H16N2O3. The van der Waals surface area contributed by atoms with E-state index in [0.717, 1.165) is 11.5 Å². The van der Waals surface area contributed by atoms with Crippen LogP contribution in [0.3, 0.4) is 0 Å². The van der Waals surface area contributed by atoms with Crippen LogP contribution >= 0.6 is 0 Å². The van der Waals surface area contributed by atoms with Crippen molar-refractivity contribution < 1.29 is 13.9 Å². The van der Waals surface area contributed by atoms with E-state index in [2.05, 4.69) is 4.98 Å². The lowest BCUT2D eigenvalue weighted by Crippen LogP contribution is -2.30. The van der Waals surface area contributed by atoms with E-state index in [1.807, 2.05) is 13.0 Å². The van der Waals surface area contributed by atoms with Crippen molar-refractivity contribution in [3.05, 3.63) is 41.5 Å². The largest absolute Gasteiger partial charge is 0.469 e. The third-order valence-corrected chi connectivity index (χ3v) is 2.72. The fourth-order valence-electron chi connectivity index (χ4n) is 1.58. The molecule has 2 heterocycles. The minimum absolute atomic E-state index is 0.263. The van der Waals surface area contributed by atoms with Gasteiger partial charge in [-0.2, -0.15) is 0 Å². The number of aromatic nitrogens is 1. The van der Waals surface area contributed by atoms with Gasteiger partial charge in [-0.3, -0.25) is 0 Å². The predicted octanol–water partition coefficient (Wildman–Crippen LogP) is 1.49. The van der Waals surface area contributed by atoms with Crippen molar-refractivity contribution in [3.63, 3.8) is 0 Å². The summed E-state index contributed by atoms with van der Waals surface area (Å²) in [5.41, 5.74) is 6.66. The van der Waals surface area contributed by atoms with Gasteiger partial charge in [0.05, 0.1) is 12.0 Å². The smallest absolute Gasteiger partial charge is 0.225 e. The fraction of sp³-hybridized carbons (Fsp3) is 0.417. The summed E-state index contributed by atoms with van der Waals surface area (Å²) in [5.74, 6) is 1.69. The molecule has 0 saturated heterocycles. The van der Waals surface area contributed by atoms with E-state index in [-0.39, 0.29) is 5.89 Å². The molecule has 2 atom stereocenters. The van der Waals surface area contributed by atoms with Crippen molar-refractivity contribution in [2.75, 3.05) is 0 Å². The number of nitrogens with two attached hydrogens (primary N) is 1. The Balaban J connectivity index is 2.06.